The van der Waals surface area contributed by atoms with E-state index < -0.39 is 10.1 Å². The summed E-state index contributed by atoms with van der Waals surface area (Å²) in [4.78, 5) is 4.50. The Kier molecular flexibility index (Phi) is 20.8. The molecule has 0 heterocycles. The third kappa shape index (κ3) is 13.4. The minimum Gasteiger partial charge on any atom is -0.744 e. The van der Waals surface area contributed by atoms with Crippen molar-refractivity contribution in [1.29, 1.82) is 0 Å². The van der Waals surface area contributed by atoms with Gasteiger partial charge in [0.2, 0.25) is 0 Å². The molecule has 8 rings (SSSR count). The van der Waals surface area contributed by atoms with Gasteiger partial charge in [-0.2, -0.15) is 0 Å². The third-order valence-corrected chi connectivity index (χ3v) is 23.4. The van der Waals surface area contributed by atoms with Crippen molar-refractivity contribution in [1.82, 2.24) is 0 Å². The Morgan fingerprint density at radius 2 is 0.791 bits per heavy atom. The van der Waals surface area contributed by atoms with E-state index in [9.17, 15) is 13.0 Å². The van der Waals surface area contributed by atoms with Crippen LogP contribution in [0.4, 0.5) is 11.4 Å². The summed E-state index contributed by atoms with van der Waals surface area (Å²) in [6.45, 7) is 8.44. The van der Waals surface area contributed by atoms with Gasteiger partial charge in [0.05, 0.1) is 4.90 Å². The molecule has 0 saturated heterocycles. The van der Waals surface area contributed by atoms with E-state index in [2.05, 4.69) is 132 Å². The van der Waals surface area contributed by atoms with Gasteiger partial charge in [-0.3, -0.25) is 0 Å². The van der Waals surface area contributed by atoms with E-state index in [0.717, 1.165) is 33.8 Å². The molecular weight excluding hydrogens is 890 g/mol. The summed E-state index contributed by atoms with van der Waals surface area (Å²) in [7, 11) is 3.78. The van der Waals surface area contributed by atoms with Crippen LogP contribution in [0.25, 0.3) is 22.3 Å². The second-order valence-electron chi connectivity index (χ2n) is 21.2. The average Bonchev–Trinajstić information content (AvgIpc) is 3.32. The second-order valence-corrected chi connectivity index (χ2v) is 28.1. The van der Waals surface area contributed by atoms with E-state index in [0.29, 0.717) is 0 Å². The van der Waals surface area contributed by atoms with E-state index in [1.807, 2.05) is 0 Å². The van der Waals surface area contributed by atoms with Crippen LogP contribution in [0.3, 0.4) is 0 Å². The van der Waals surface area contributed by atoms with Gasteiger partial charge in [-0.1, -0.05) is 175 Å². The molecule has 0 radical (unpaired) electrons. The molecule has 0 unspecified atom stereocenters. The number of rotatable bonds is 13. The van der Waals surface area contributed by atoms with Gasteiger partial charge >= 0.3 is 29.6 Å². The Balaban J connectivity index is 0.000000219. The van der Waals surface area contributed by atoms with E-state index in [1.54, 1.807) is 17.4 Å². The molecule has 67 heavy (non-hydrogen) atoms. The maximum absolute atomic E-state index is 12.1. The zero-order valence-electron chi connectivity index (χ0n) is 43.0. The summed E-state index contributed by atoms with van der Waals surface area (Å²) < 4.78 is 36.2. The van der Waals surface area contributed by atoms with E-state index in [4.69, 9.17) is 0 Å². The average molecular weight is 973 g/mol. The first-order valence-corrected chi connectivity index (χ1v) is 30.5. The van der Waals surface area contributed by atoms with Crippen molar-refractivity contribution in [2.24, 2.45) is 0 Å². The van der Waals surface area contributed by atoms with Crippen molar-refractivity contribution in [3.05, 3.63) is 90.0 Å². The smallest absolute Gasteiger partial charge is 0.744 e. The first-order chi connectivity index (χ1) is 31.8. The summed E-state index contributed by atoms with van der Waals surface area (Å²) in [5.74, 6) is 0.237. The van der Waals surface area contributed by atoms with Crippen molar-refractivity contribution in [3.63, 3.8) is 0 Å². The van der Waals surface area contributed by atoms with Gasteiger partial charge in [0, 0.05) is 45.1 Å². The first kappa shape index (κ1) is 54.6. The Bertz CT molecular complexity index is 2200. The Hall–Kier alpha value is -1.75. The fourth-order valence-electron chi connectivity index (χ4n) is 12.2. The normalized spacial score (nSPS) is 18.2. The summed E-state index contributed by atoms with van der Waals surface area (Å²) in [5.41, 5.74) is 13.4. The maximum atomic E-state index is 12.1. The summed E-state index contributed by atoms with van der Waals surface area (Å²) in [5, 5.41) is 3.21. The predicted molar refractivity (Wildman–Crippen MR) is 289 cm³/mol. The molecule has 0 spiro atoms. The van der Waals surface area contributed by atoms with E-state index >= 15 is 0 Å². The largest absolute Gasteiger partial charge is 1.00 e. The molecule has 360 valence electrons. The van der Waals surface area contributed by atoms with Gasteiger partial charge in [0.1, 0.15) is 10.1 Å². The molecule has 0 aliphatic heterocycles. The van der Waals surface area contributed by atoms with E-state index in [-0.39, 0.29) is 62.1 Å². The fraction of sp³-hybridized carbons (Fsp3) is 0.586. The standard InChI is InChI=1S/C30H43O3PS.C28H41N2P.Na/c1-21(2)27-19-25(35(31,32)33)20-28(22(3)4)30(27)26-17-11-12-18-29(26)34(23-13-7-5-8-14-23)24-15-9-6-10-16-24;1-29(2)25-19-13-20-26(30(3)4)28(25)24-18-11-12-21-27(24)31(22-14-7-5-8-15-22)23-16-9-6-10-17-23;/h11-12,17-24H,5-10,13-16H2,1-4H3,(H,31,32,33);11-13,18-23H,5-10,14-17H2,1-4H3;/q;;+1/p-1. The molecule has 0 bridgehead atoms. The molecule has 4 fully saturated rings. The van der Waals surface area contributed by atoms with E-state index in [1.165, 1.54) is 167 Å². The molecule has 0 atom stereocenters. The topological polar surface area (TPSA) is 63.7 Å². The molecule has 0 amide bonds. The molecule has 5 nitrogen and oxygen atoms in total. The quantitative estimate of drug-likeness (QED) is 0.0759. The minimum absolute atomic E-state index is 0. The van der Waals surface area contributed by atoms with Crippen LogP contribution in [0, 0.1) is 0 Å². The molecule has 4 aliphatic rings. The molecule has 4 saturated carbocycles. The summed E-state index contributed by atoms with van der Waals surface area (Å²) in [6, 6.07) is 28.6. The van der Waals surface area contributed by atoms with Gasteiger partial charge in [-0.25, -0.2) is 8.42 Å². The first-order valence-electron chi connectivity index (χ1n) is 26.1. The Morgan fingerprint density at radius 1 is 0.478 bits per heavy atom. The van der Waals surface area contributed by atoms with Gasteiger partial charge in [-0.05, 0) is 149 Å². The maximum Gasteiger partial charge on any atom is 1.00 e. The number of benzene rings is 4. The number of nitrogens with zero attached hydrogens (tertiary/aromatic N) is 2. The zero-order chi connectivity index (χ0) is 47.0. The van der Waals surface area contributed by atoms with Crippen LogP contribution < -0.4 is 50.0 Å². The fourth-order valence-corrected chi connectivity index (χ4v) is 20.7. The van der Waals surface area contributed by atoms with Crippen molar-refractivity contribution in [2.45, 2.75) is 195 Å². The van der Waals surface area contributed by atoms with Crippen molar-refractivity contribution in [3.8, 4) is 22.3 Å². The van der Waals surface area contributed by atoms with Crippen LogP contribution in [-0.2, 0) is 10.1 Å². The van der Waals surface area contributed by atoms with Crippen molar-refractivity contribution < 1.29 is 42.5 Å². The van der Waals surface area contributed by atoms with Gasteiger partial charge < -0.3 is 14.4 Å². The van der Waals surface area contributed by atoms with Crippen LogP contribution >= 0.6 is 15.8 Å². The van der Waals surface area contributed by atoms with Crippen LogP contribution in [0.1, 0.15) is 179 Å². The second kappa shape index (κ2) is 25.6. The third-order valence-electron chi connectivity index (χ3n) is 15.5. The Morgan fingerprint density at radius 3 is 1.09 bits per heavy atom. The monoisotopic (exact) mass is 973 g/mol. The van der Waals surface area contributed by atoms with Crippen LogP contribution in [0.15, 0.2) is 83.8 Å². The number of anilines is 2. The molecule has 0 N–H and O–H groups in total. The zero-order valence-corrected chi connectivity index (χ0v) is 47.6. The van der Waals surface area contributed by atoms with Crippen LogP contribution in [0.5, 0.6) is 0 Å². The molecule has 0 aromatic heterocycles. The minimum atomic E-state index is -4.52. The van der Waals surface area contributed by atoms with Gasteiger partial charge in [-0.15, -0.1) is 0 Å². The van der Waals surface area contributed by atoms with Gasteiger partial charge in [0.15, 0.2) is 0 Å². The molecule has 4 aromatic rings. The molecule has 4 aromatic carbocycles. The predicted octanol–water partition coefficient (Wildman–Crippen LogP) is 12.5. The molecule has 4 aliphatic carbocycles. The van der Waals surface area contributed by atoms with Crippen molar-refractivity contribution in [2.75, 3.05) is 38.0 Å². The SMILES string of the molecule is CC(C)c1cc(S(=O)(=O)[O-])cc(C(C)C)c1-c1ccccc1P(C1CCCCC1)C1CCCCC1.CN(C)c1cccc(N(C)C)c1-c1ccccc1P(C1CCCCC1)C1CCCCC1.[Na+]. The summed E-state index contributed by atoms with van der Waals surface area (Å²) >= 11 is 0. The molecular formula is C58H83N2NaO3P2S. The van der Waals surface area contributed by atoms with Crippen LogP contribution in [0.2, 0.25) is 0 Å². The number of hydrogen-bond acceptors (Lipinski definition) is 5. The van der Waals surface area contributed by atoms with Crippen molar-refractivity contribution >= 4 is 47.9 Å². The van der Waals surface area contributed by atoms with Crippen LogP contribution in [-0.4, -0.2) is 63.8 Å². The molecule has 9 heteroatoms. The van der Waals surface area contributed by atoms with Gasteiger partial charge in [0.25, 0.3) is 0 Å². The summed E-state index contributed by atoms with van der Waals surface area (Å²) in [6.07, 6.45) is 28.0. The number of hydrogen-bond donors (Lipinski definition) is 0. The Labute approximate surface area is 433 Å².